The molecule has 2 amide bonds. The molecule has 10 heteroatoms. The van der Waals surface area contributed by atoms with E-state index in [0.717, 1.165) is 16.7 Å². The Bertz CT molecular complexity index is 1030. The van der Waals surface area contributed by atoms with Crippen molar-refractivity contribution in [3.05, 3.63) is 69.2 Å². The molecule has 2 heterocycles. The molecule has 0 unspecified atom stereocenters. The zero-order chi connectivity index (χ0) is 21.8. The molecule has 2 aromatic carbocycles. The number of ether oxygens (including phenoxy) is 1. The smallest absolute Gasteiger partial charge is 0.246 e. The van der Waals surface area contributed by atoms with Crippen molar-refractivity contribution in [3.8, 4) is 0 Å². The van der Waals surface area contributed by atoms with Crippen LogP contribution >= 0.6 is 35.6 Å². The Morgan fingerprint density at radius 3 is 2.78 bits per heavy atom. The molecule has 0 saturated carbocycles. The Kier molecular flexibility index (Phi) is 8.51. The molecular weight excluding hydrogens is 475 g/mol. The van der Waals surface area contributed by atoms with Crippen molar-refractivity contribution in [2.24, 2.45) is 5.10 Å². The highest BCUT2D eigenvalue weighted by Gasteiger charge is 2.28. The van der Waals surface area contributed by atoms with E-state index in [1.54, 1.807) is 12.1 Å². The van der Waals surface area contributed by atoms with Crippen LogP contribution in [0, 0.1) is 0 Å². The van der Waals surface area contributed by atoms with E-state index in [1.165, 1.54) is 0 Å². The van der Waals surface area contributed by atoms with E-state index in [9.17, 15) is 9.59 Å². The molecule has 1 saturated heterocycles. The molecule has 0 aliphatic carbocycles. The molecule has 0 radical (unpaired) electrons. The van der Waals surface area contributed by atoms with Crippen LogP contribution in [-0.4, -0.2) is 43.3 Å². The van der Waals surface area contributed by atoms with Gasteiger partial charge in [-0.05, 0) is 34.9 Å². The van der Waals surface area contributed by atoms with Crippen molar-refractivity contribution >= 4 is 53.1 Å². The third-order valence-corrected chi connectivity index (χ3v) is 5.93. The fraction of sp³-hybridized carbons (Fsp3) is 0.318. The van der Waals surface area contributed by atoms with Crippen molar-refractivity contribution in [1.82, 2.24) is 16.1 Å². The van der Waals surface area contributed by atoms with Gasteiger partial charge in [0, 0.05) is 13.1 Å². The fourth-order valence-electron chi connectivity index (χ4n) is 3.72. The van der Waals surface area contributed by atoms with E-state index in [0.29, 0.717) is 35.5 Å². The number of amides is 2. The highest BCUT2D eigenvalue weighted by Crippen LogP contribution is 2.29. The van der Waals surface area contributed by atoms with Gasteiger partial charge in [0.2, 0.25) is 11.8 Å². The number of nitrogens with zero attached hydrogens (tertiary/aromatic N) is 1. The normalized spacial score (nSPS) is 20.6. The maximum atomic E-state index is 12.8. The van der Waals surface area contributed by atoms with E-state index in [1.807, 2.05) is 30.3 Å². The van der Waals surface area contributed by atoms with Crippen LogP contribution in [0.15, 0.2) is 47.6 Å². The molecule has 1 fully saturated rings. The lowest BCUT2D eigenvalue weighted by atomic mass is 10.0. The second-order valence-electron chi connectivity index (χ2n) is 7.49. The maximum absolute atomic E-state index is 12.8. The number of benzene rings is 2. The summed E-state index contributed by atoms with van der Waals surface area (Å²) in [7, 11) is 0. The standard InChI is InChI=1S/C22H22Cl2N4O3.ClH/c23-16-5-4-15(10-17(16)24)22-19(12-25-6-7-31-22)26-20(29)9-13-2-1-3-14(8-13)18-11-21(30)28-27-18;/h1-5,8,10,19,22,25H,6-7,9,11-12H2,(H,26,29)(H,28,30);1H/t19-,22+;/m1./s1. The summed E-state index contributed by atoms with van der Waals surface area (Å²) >= 11 is 12.2. The number of hydrogen-bond donors (Lipinski definition) is 3. The number of rotatable bonds is 5. The van der Waals surface area contributed by atoms with Crippen molar-refractivity contribution < 1.29 is 14.3 Å². The predicted octanol–water partition coefficient (Wildman–Crippen LogP) is 3.03. The largest absolute Gasteiger partial charge is 0.370 e. The third kappa shape index (κ3) is 5.99. The minimum absolute atomic E-state index is 0. The lowest BCUT2D eigenvalue weighted by Crippen LogP contribution is -2.45. The van der Waals surface area contributed by atoms with Gasteiger partial charge < -0.3 is 15.4 Å². The summed E-state index contributed by atoms with van der Waals surface area (Å²) in [6.07, 6.45) is 0.101. The van der Waals surface area contributed by atoms with Crippen molar-refractivity contribution in [2.75, 3.05) is 19.7 Å². The Balaban J connectivity index is 0.00000289. The van der Waals surface area contributed by atoms with Crippen molar-refractivity contribution in [1.29, 1.82) is 0 Å². The molecule has 2 aliphatic rings. The van der Waals surface area contributed by atoms with Gasteiger partial charge in [-0.2, -0.15) is 5.10 Å². The lowest BCUT2D eigenvalue weighted by molar-refractivity contribution is -0.122. The number of carbonyl (C=O) groups is 2. The summed E-state index contributed by atoms with van der Waals surface area (Å²) in [6, 6.07) is 12.6. The summed E-state index contributed by atoms with van der Waals surface area (Å²) in [5.74, 6) is -0.255. The SMILES string of the molecule is Cl.O=C1CC(c2cccc(CC(=O)N[C@@H]3CNCCO[C@H]3c3ccc(Cl)c(Cl)c3)c2)=NN1. The first kappa shape index (κ1) is 24.5. The predicted molar refractivity (Wildman–Crippen MR) is 127 cm³/mol. The zero-order valence-corrected chi connectivity index (χ0v) is 19.4. The van der Waals surface area contributed by atoms with Crippen LogP contribution in [0.3, 0.4) is 0 Å². The summed E-state index contributed by atoms with van der Waals surface area (Å²) in [5, 5.41) is 11.3. The summed E-state index contributed by atoms with van der Waals surface area (Å²) in [5.41, 5.74) is 5.65. The number of hydrogen-bond acceptors (Lipinski definition) is 5. The van der Waals surface area contributed by atoms with E-state index in [2.05, 4.69) is 21.2 Å². The first-order valence-corrected chi connectivity index (χ1v) is 10.8. The van der Waals surface area contributed by atoms with Gasteiger partial charge in [0.05, 0.1) is 41.2 Å². The summed E-state index contributed by atoms with van der Waals surface area (Å²) < 4.78 is 6.01. The Morgan fingerprint density at radius 1 is 1.19 bits per heavy atom. The molecule has 0 bridgehead atoms. The van der Waals surface area contributed by atoms with Crippen molar-refractivity contribution in [2.45, 2.75) is 25.0 Å². The van der Waals surface area contributed by atoms with Gasteiger partial charge in [-0.1, -0.05) is 47.5 Å². The molecule has 0 spiro atoms. The van der Waals surface area contributed by atoms with E-state index in [-0.39, 0.29) is 49.2 Å². The van der Waals surface area contributed by atoms with Crippen LogP contribution in [0.1, 0.15) is 29.2 Å². The molecule has 4 rings (SSSR count). The molecule has 2 aromatic rings. The summed E-state index contributed by atoms with van der Waals surface area (Å²) in [6.45, 7) is 1.79. The molecule has 3 N–H and O–H groups in total. The Labute approximate surface area is 202 Å². The van der Waals surface area contributed by atoms with Crippen LogP contribution in [0.4, 0.5) is 0 Å². The first-order valence-electron chi connectivity index (χ1n) is 10.0. The van der Waals surface area contributed by atoms with Crippen LogP contribution in [-0.2, 0) is 20.7 Å². The third-order valence-electron chi connectivity index (χ3n) is 5.19. The molecule has 170 valence electrons. The van der Waals surface area contributed by atoms with E-state index < -0.39 is 0 Å². The van der Waals surface area contributed by atoms with Crippen LogP contribution in [0.2, 0.25) is 10.0 Å². The van der Waals surface area contributed by atoms with Gasteiger partial charge in [-0.3, -0.25) is 9.59 Å². The second kappa shape index (κ2) is 11.1. The average molecular weight is 498 g/mol. The number of halogens is 3. The highest BCUT2D eigenvalue weighted by molar-refractivity contribution is 6.42. The number of nitrogens with one attached hydrogen (secondary N) is 3. The van der Waals surface area contributed by atoms with Gasteiger partial charge >= 0.3 is 0 Å². The molecular formula is C22H23Cl3N4O3. The van der Waals surface area contributed by atoms with E-state index >= 15 is 0 Å². The van der Waals surface area contributed by atoms with Crippen LogP contribution in [0.25, 0.3) is 0 Å². The van der Waals surface area contributed by atoms with Crippen LogP contribution < -0.4 is 16.1 Å². The van der Waals surface area contributed by atoms with Gasteiger partial charge in [0.15, 0.2) is 0 Å². The highest BCUT2D eigenvalue weighted by atomic mass is 35.5. The molecule has 2 aliphatic heterocycles. The number of carbonyl (C=O) groups excluding carboxylic acids is 2. The van der Waals surface area contributed by atoms with Crippen LogP contribution in [0.5, 0.6) is 0 Å². The monoisotopic (exact) mass is 496 g/mol. The van der Waals surface area contributed by atoms with Gasteiger partial charge in [-0.15, -0.1) is 12.4 Å². The minimum atomic E-state index is -0.343. The second-order valence-corrected chi connectivity index (χ2v) is 8.30. The molecule has 2 atom stereocenters. The van der Waals surface area contributed by atoms with Crippen molar-refractivity contribution in [3.63, 3.8) is 0 Å². The van der Waals surface area contributed by atoms with Gasteiger partial charge in [0.1, 0.15) is 6.10 Å². The quantitative estimate of drug-likeness (QED) is 0.592. The van der Waals surface area contributed by atoms with E-state index in [4.69, 9.17) is 27.9 Å². The average Bonchev–Trinajstić information content (AvgIpc) is 3.05. The zero-order valence-electron chi connectivity index (χ0n) is 17.1. The first-order chi connectivity index (χ1) is 15.0. The minimum Gasteiger partial charge on any atom is -0.370 e. The Hall–Kier alpha value is -2.16. The Morgan fingerprint density at radius 2 is 2.03 bits per heavy atom. The fourth-order valence-corrected chi connectivity index (χ4v) is 4.02. The maximum Gasteiger partial charge on any atom is 0.246 e. The topological polar surface area (TPSA) is 91.8 Å². The lowest BCUT2D eigenvalue weighted by Gasteiger charge is -2.26. The summed E-state index contributed by atoms with van der Waals surface area (Å²) in [4.78, 5) is 24.2. The van der Waals surface area contributed by atoms with Gasteiger partial charge in [0.25, 0.3) is 0 Å². The molecule has 7 nitrogen and oxygen atoms in total. The molecule has 32 heavy (non-hydrogen) atoms. The van der Waals surface area contributed by atoms with Gasteiger partial charge in [-0.25, -0.2) is 5.43 Å². The number of hydrazone groups is 1. The molecule has 0 aromatic heterocycles.